The van der Waals surface area contributed by atoms with E-state index in [2.05, 4.69) is 4.98 Å². The Morgan fingerprint density at radius 1 is 1.00 bits per heavy atom. The lowest BCUT2D eigenvalue weighted by molar-refractivity contribution is -0.141. The Balaban J connectivity index is 2.47. The van der Waals surface area contributed by atoms with Crippen LogP contribution in [0.1, 0.15) is 5.69 Å². The molecule has 0 amide bonds. The van der Waals surface area contributed by atoms with E-state index in [0.717, 1.165) is 12.3 Å². The number of benzene rings is 1. The van der Waals surface area contributed by atoms with Crippen LogP contribution in [0.3, 0.4) is 0 Å². The lowest BCUT2D eigenvalue weighted by Gasteiger charge is -2.08. The number of pyridine rings is 1. The van der Waals surface area contributed by atoms with Crippen LogP contribution < -0.4 is 5.73 Å². The Morgan fingerprint density at radius 2 is 1.71 bits per heavy atom. The van der Waals surface area contributed by atoms with Gasteiger partial charge in [0.15, 0.2) is 0 Å². The topological polar surface area (TPSA) is 38.9 Å². The van der Waals surface area contributed by atoms with Crippen LogP contribution in [-0.2, 0) is 6.18 Å². The van der Waals surface area contributed by atoms with Crippen molar-refractivity contribution >= 4 is 5.69 Å². The molecule has 2 N–H and O–H groups in total. The molecule has 17 heavy (non-hydrogen) atoms. The minimum absolute atomic E-state index is 0.444. The molecule has 2 aromatic rings. The number of halogens is 3. The van der Waals surface area contributed by atoms with Gasteiger partial charge in [0.1, 0.15) is 5.69 Å². The molecule has 0 spiro atoms. The van der Waals surface area contributed by atoms with Crippen molar-refractivity contribution in [2.24, 2.45) is 0 Å². The number of aromatic nitrogens is 1. The molecule has 0 saturated heterocycles. The van der Waals surface area contributed by atoms with E-state index in [9.17, 15) is 13.2 Å². The van der Waals surface area contributed by atoms with Gasteiger partial charge in [-0.3, -0.25) is 4.98 Å². The number of rotatable bonds is 1. The van der Waals surface area contributed by atoms with Crippen LogP contribution in [0.25, 0.3) is 11.1 Å². The molecule has 0 aliphatic heterocycles. The molecule has 5 heteroatoms. The highest BCUT2D eigenvalue weighted by Crippen LogP contribution is 2.30. The van der Waals surface area contributed by atoms with Crippen molar-refractivity contribution in [1.82, 2.24) is 4.98 Å². The summed E-state index contributed by atoms with van der Waals surface area (Å²) in [6.07, 6.45) is -3.29. The second-order valence-electron chi connectivity index (χ2n) is 3.55. The van der Waals surface area contributed by atoms with E-state index in [-0.39, 0.29) is 0 Å². The fourth-order valence-corrected chi connectivity index (χ4v) is 1.48. The van der Waals surface area contributed by atoms with Crippen LogP contribution >= 0.6 is 0 Å². The molecule has 1 aromatic carbocycles. The Labute approximate surface area is 95.9 Å². The van der Waals surface area contributed by atoms with Gasteiger partial charge in [0, 0.05) is 11.9 Å². The molecule has 0 bridgehead atoms. The normalized spacial score (nSPS) is 11.5. The van der Waals surface area contributed by atoms with Crippen LogP contribution in [0.15, 0.2) is 42.6 Å². The Kier molecular flexibility index (Phi) is 2.75. The summed E-state index contributed by atoms with van der Waals surface area (Å²) in [5.74, 6) is 0. The van der Waals surface area contributed by atoms with Crippen molar-refractivity contribution in [2.45, 2.75) is 6.18 Å². The van der Waals surface area contributed by atoms with E-state index >= 15 is 0 Å². The van der Waals surface area contributed by atoms with Crippen LogP contribution in [-0.4, -0.2) is 4.98 Å². The average molecular weight is 238 g/mol. The first-order chi connectivity index (χ1) is 7.97. The van der Waals surface area contributed by atoms with Gasteiger partial charge in [-0.1, -0.05) is 12.1 Å². The second-order valence-corrected chi connectivity index (χ2v) is 3.55. The van der Waals surface area contributed by atoms with Crippen molar-refractivity contribution in [2.75, 3.05) is 5.73 Å². The largest absolute Gasteiger partial charge is 0.433 e. The van der Waals surface area contributed by atoms with Gasteiger partial charge < -0.3 is 5.73 Å². The van der Waals surface area contributed by atoms with E-state index in [1.807, 2.05) is 0 Å². The molecule has 0 aliphatic carbocycles. The maximum atomic E-state index is 12.5. The first kappa shape index (κ1) is 11.4. The van der Waals surface area contributed by atoms with Crippen LogP contribution in [0.5, 0.6) is 0 Å². The molecular formula is C12H9F3N2. The first-order valence-corrected chi connectivity index (χ1v) is 4.86. The fourth-order valence-electron chi connectivity index (χ4n) is 1.48. The van der Waals surface area contributed by atoms with Crippen molar-refractivity contribution < 1.29 is 13.2 Å². The van der Waals surface area contributed by atoms with E-state index in [1.165, 1.54) is 6.07 Å². The number of nitrogens with zero attached hydrogens (tertiary/aromatic N) is 1. The summed E-state index contributed by atoms with van der Waals surface area (Å²) in [5, 5.41) is 0. The summed E-state index contributed by atoms with van der Waals surface area (Å²) in [6, 6.07) is 9.22. The predicted molar refractivity (Wildman–Crippen MR) is 59.1 cm³/mol. The highest BCUT2D eigenvalue weighted by atomic mass is 19.4. The van der Waals surface area contributed by atoms with E-state index < -0.39 is 11.9 Å². The van der Waals surface area contributed by atoms with Crippen molar-refractivity contribution in [3.8, 4) is 11.1 Å². The standard InChI is InChI=1S/C12H9F3N2/c13-12(14,15)11-7-9(4-5-17-11)8-2-1-3-10(16)6-8/h1-7H,16H2. The number of nitrogens with two attached hydrogens (primary N) is 1. The summed E-state index contributed by atoms with van der Waals surface area (Å²) in [4.78, 5) is 3.30. The smallest absolute Gasteiger partial charge is 0.399 e. The summed E-state index contributed by atoms with van der Waals surface area (Å²) < 4.78 is 37.4. The minimum Gasteiger partial charge on any atom is -0.399 e. The average Bonchev–Trinajstić information content (AvgIpc) is 2.28. The fraction of sp³-hybridized carbons (Fsp3) is 0.0833. The SMILES string of the molecule is Nc1cccc(-c2ccnc(C(F)(F)F)c2)c1. The summed E-state index contributed by atoms with van der Waals surface area (Å²) >= 11 is 0. The zero-order valence-corrected chi connectivity index (χ0v) is 8.70. The number of anilines is 1. The van der Waals surface area contributed by atoms with Crippen LogP contribution in [0.2, 0.25) is 0 Å². The highest BCUT2D eigenvalue weighted by molar-refractivity contribution is 5.67. The molecule has 0 atom stereocenters. The maximum absolute atomic E-state index is 12.5. The van der Waals surface area contributed by atoms with E-state index in [1.54, 1.807) is 24.3 Å². The minimum atomic E-state index is -4.43. The molecule has 88 valence electrons. The van der Waals surface area contributed by atoms with Gasteiger partial charge in [-0.2, -0.15) is 13.2 Å². The van der Waals surface area contributed by atoms with Gasteiger partial charge in [0.05, 0.1) is 0 Å². The maximum Gasteiger partial charge on any atom is 0.433 e. The zero-order valence-electron chi connectivity index (χ0n) is 8.70. The summed E-state index contributed by atoms with van der Waals surface area (Å²) in [7, 11) is 0. The lowest BCUT2D eigenvalue weighted by Crippen LogP contribution is -2.07. The molecule has 0 radical (unpaired) electrons. The van der Waals surface area contributed by atoms with Gasteiger partial charge in [0.25, 0.3) is 0 Å². The van der Waals surface area contributed by atoms with Gasteiger partial charge in [-0.25, -0.2) is 0 Å². The third kappa shape index (κ3) is 2.55. The van der Waals surface area contributed by atoms with Gasteiger partial charge in [-0.05, 0) is 35.4 Å². The number of alkyl halides is 3. The zero-order chi connectivity index (χ0) is 12.5. The molecule has 1 aromatic heterocycles. The lowest BCUT2D eigenvalue weighted by atomic mass is 10.1. The molecule has 0 saturated carbocycles. The quantitative estimate of drug-likeness (QED) is 0.774. The molecule has 0 unspecified atom stereocenters. The Bertz CT molecular complexity index is 535. The van der Waals surface area contributed by atoms with Crippen molar-refractivity contribution in [3.05, 3.63) is 48.3 Å². The molecule has 1 heterocycles. The van der Waals surface area contributed by atoms with Crippen LogP contribution in [0, 0.1) is 0 Å². The van der Waals surface area contributed by atoms with Crippen molar-refractivity contribution in [3.63, 3.8) is 0 Å². The molecule has 0 aliphatic rings. The van der Waals surface area contributed by atoms with Gasteiger partial charge in [0.2, 0.25) is 0 Å². The second kappa shape index (κ2) is 4.08. The molecule has 2 nitrogen and oxygen atoms in total. The summed E-state index contributed by atoms with van der Waals surface area (Å²) in [5.41, 5.74) is 6.27. The number of hydrogen-bond donors (Lipinski definition) is 1. The third-order valence-electron chi connectivity index (χ3n) is 2.27. The van der Waals surface area contributed by atoms with E-state index in [0.29, 0.717) is 16.8 Å². The highest BCUT2D eigenvalue weighted by Gasteiger charge is 2.32. The first-order valence-electron chi connectivity index (χ1n) is 4.86. The van der Waals surface area contributed by atoms with Crippen molar-refractivity contribution in [1.29, 1.82) is 0 Å². The molecular weight excluding hydrogens is 229 g/mol. The third-order valence-corrected chi connectivity index (χ3v) is 2.27. The predicted octanol–water partition coefficient (Wildman–Crippen LogP) is 3.35. The number of hydrogen-bond acceptors (Lipinski definition) is 2. The van der Waals surface area contributed by atoms with Gasteiger partial charge in [-0.15, -0.1) is 0 Å². The molecule has 0 fully saturated rings. The number of nitrogen functional groups attached to an aromatic ring is 1. The van der Waals surface area contributed by atoms with Gasteiger partial charge >= 0.3 is 6.18 Å². The Morgan fingerprint density at radius 3 is 2.35 bits per heavy atom. The Hall–Kier alpha value is -2.04. The summed E-state index contributed by atoms with van der Waals surface area (Å²) in [6.45, 7) is 0. The molecule has 2 rings (SSSR count). The van der Waals surface area contributed by atoms with E-state index in [4.69, 9.17) is 5.73 Å². The monoisotopic (exact) mass is 238 g/mol. The van der Waals surface area contributed by atoms with Crippen LogP contribution in [0.4, 0.5) is 18.9 Å².